The van der Waals surface area contributed by atoms with Crippen LogP contribution in [-0.4, -0.2) is 41.8 Å². The molecule has 2 aromatic rings. The molecule has 2 fully saturated rings. The maximum Gasteiger partial charge on any atom is 0.407 e. The van der Waals surface area contributed by atoms with Crippen LogP contribution in [0.5, 0.6) is 0 Å². The monoisotopic (exact) mass is 448 g/mol. The van der Waals surface area contributed by atoms with Crippen LogP contribution in [0.15, 0.2) is 48.5 Å². The van der Waals surface area contributed by atoms with Crippen molar-refractivity contribution in [1.29, 1.82) is 0 Å². The van der Waals surface area contributed by atoms with Crippen LogP contribution in [-0.2, 0) is 14.3 Å². The minimum absolute atomic E-state index is 0.00738. The van der Waals surface area contributed by atoms with Gasteiger partial charge in [0, 0.05) is 18.0 Å². The number of fused-ring (bicyclic) bond motifs is 4. The number of carboxylic acid groups (broad SMARTS) is 1. The number of carboxylic acids is 1. The lowest BCUT2D eigenvalue weighted by molar-refractivity contribution is -0.137. The Labute approximate surface area is 192 Å². The van der Waals surface area contributed by atoms with Crippen molar-refractivity contribution in [2.24, 2.45) is 11.3 Å². The van der Waals surface area contributed by atoms with Gasteiger partial charge in [-0.1, -0.05) is 48.5 Å². The van der Waals surface area contributed by atoms with Crippen molar-refractivity contribution in [3.8, 4) is 11.1 Å². The van der Waals surface area contributed by atoms with E-state index in [4.69, 9.17) is 9.84 Å². The molecule has 3 N–H and O–H groups in total. The summed E-state index contributed by atoms with van der Waals surface area (Å²) in [6.07, 6.45) is 1.53. The van der Waals surface area contributed by atoms with Gasteiger partial charge in [0.1, 0.15) is 6.61 Å². The highest BCUT2D eigenvalue weighted by molar-refractivity contribution is 5.87. The Bertz CT molecular complexity index is 1070. The van der Waals surface area contributed by atoms with Gasteiger partial charge in [-0.05, 0) is 54.4 Å². The van der Waals surface area contributed by atoms with Gasteiger partial charge >= 0.3 is 12.1 Å². The second-order valence-electron chi connectivity index (χ2n) is 9.64. The minimum Gasteiger partial charge on any atom is -0.481 e. The number of aliphatic carboxylic acids is 1. The van der Waals surface area contributed by atoms with E-state index in [0.717, 1.165) is 12.8 Å². The Morgan fingerprint density at radius 2 is 1.70 bits per heavy atom. The van der Waals surface area contributed by atoms with E-state index in [9.17, 15) is 14.4 Å². The van der Waals surface area contributed by atoms with Crippen molar-refractivity contribution in [2.75, 3.05) is 6.61 Å². The standard InChI is InChI=1S/C26H28N2O5/c1-15(10-23(29)30)27-24(31)26-12-16(26)11-17(13-26)28-25(32)33-14-22-20-8-4-2-6-18(20)19-7-3-5-9-21(19)22/h2-9,15-17,22H,10-14H2,1H3,(H,27,31)(H,28,32)(H,29,30)/t15-,16+,17-,26-/m0/s1. The lowest BCUT2D eigenvalue weighted by Crippen LogP contribution is -2.41. The average Bonchev–Trinajstić information content (AvgIpc) is 3.20. The van der Waals surface area contributed by atoms with Crippen molar-refractivity contribution in [1.82, 2.24) is 10.6 Å². The van der Waals surface area contributed by atoms with E-state index in [1.165, 1.54) is 22.3 Å². The fourth-order valence-corrected chi connectivity index (χ4v) is 5.77. The molecule has 0 aliphatic heterocycles. The van der Waals surface area contributed by atoms with Gasteiger partial charge in [-0.2, -0.15) is 0 Å². The van der Waals surface area contributed by atoms with Gasteiger partial charge < -0.3 is 20.5 Å². The van der Waals surface area contributed by atoms with Crippen LogP contribution in [0.4, 0.5) is 4.79 Å². The number of hydrogen-bond donors (Lipinski definition) is 3. The molecular formula is C26H28N2O5. The Kier molecular flexibility index (Phi) is 5.35. The first-order valence-electron chi connectivity index (χ1n) is 11.5. The van der Waals surface area contributed by atoms with Crippen molar-refractivity contribution >= 4 is 18.0 Å². The zero-order chi connectivity index (χ0) is 23.2. The van der Waals surface area contributed by atoms with E-state index in [2.05, 4.69) is 34.9 Å². The van der Waals surface area contributed by atoms with Crippen molar-refractivity contribution in [2.45, 2.75) is 50.6 Å². The normalized spacial score (nSPS) is 25.4. The van der Waals surface area contributed by atoms with E-state index in [1.807, 2.05) is 24.3 Å². The van der Waals surface area contributed by atoms with Gasteiger partial charge in [0.25, 0.3) is 0 Å². The van der Waals surface area contributed by atoms with E-state index in [-0.39, 0.29) is 36.8 Å². The summed E-state index contributed by atoms with van der Waals surface area (Å²) < 4.78 is 5.64. The maximum absolute atomic E-state index is 12.7. The average molecular weight is 449 g/mol. The molecule has 33 heavy (non-hydrogen) atoms. The first kappa shape index (κ1) is 21.5. The van der Waals surface area contributed by atoms with Crippen molar-refractivity contribution in [3.05, 3.63) is 59.7 Å². The number of carbonyl (C=O) groups excluding carboxylic acids is 2. The topological polar surface area (TPSA) is 105 Å². The van der Waals surface area contributed by atoms with Crippen molar-refractivity contribution in [3.63, 3.8) is 0 Å². The number of nitrogens with one attached hydrogen (secondary N) is 2. The molecule has 2 saturated carbocycles. The molecule has 3 aliphatic rings. The van der Waals surface area contributed by atoms with E-state index in [0.29, 0.717) is 6.42 Å². The number of hydrogen-bond acceptors (Lipinski definition) is 4. The van der Waals surface area contributed by atoms with Crippen LogP contribution in [0.3, 0.4) is 0 Å². The van der Waals surface area contributed by atoms with Crippen LogP contribution >= 0.6 is 0 Å². The molecule has 4 atom stereocenters. The molecular weight excluding hydrogens is 420 g/mol. The highest BCUT2D eigenvalue weighted by Gasteiger charge is 2.65. The third kappa shape index (κ3) is 3.96. The third-order valence-electron chi connectivity index (χ3n) is 7.39. The number of benzene rings is 2. The van der Waals surface area contributed by atoms with Gasteiger partial charge in [-0.25, -0.2) is 4.79 Å². The second-order valence-corrected chi connectivity index (χ2v) is 9.64. The molecule has 5 rings (SSSR count). The zero-order valence-electron chi connectivity index (χ0n) is 18.5. The molecule has 0 radical (unpaired) electrons. The SMILES string of the molecule is C[C@@H](CC(=O)O)NC(=O)[C@@]12C[C@@H](NC(=O)OCC3c4ccccc4-c4ccccc43)C[C@@H]1C2. The summed E-state index contributed by atoms with van der Waals surface area (Å²) in [4.78, 5) is 36.1. The van der Waals surface area contributed by atoms with Crippen LogP contribution in [0, 0.1) is 11.3 Å². The summed E-state index contributed by atoms with van der Waals surface area (Å²) in [5, 5.41) is 14.7. The molecule has 0 unspecified atom stereocenters. The van der Waals surface area contributed by atoms with Crippen molar-refractivity contribution < 1.29 is 24.2 Å². The quantitative estimate of drug-likeness (QED) is 0.599. The summed E-state index contributed by atoms with van der Waals surface area (Å²) in [5.41, 5.74) is 4.22. The van der Waals surface area contributed by atoms with Crippen LogP contribution < -0.4 is 10.6 Å². The summed E-state index contributed by atoms with van der Waals surface area (Å²) >= 11 is 0. The van der Waals surface area contributed by atoms with E-state index in [1.54, 1.807) is 6.92 Å². The smallest absolute Gasteiger partial charge is 0.407 e. The van der Waals surface area contributed by atoms with E-state index >= 15 is 0 Å². The van der Waals surface area contributed by atoms with Gasteiger partial charge in [0.2, 0.25) is 5.91 Å². The molecule has 0 aromatic heterocycles. The molecule has 7 nitrogen and oxygen atoms in total. The molecule has 0 spiro atoms. The second kappa shape index (κ2) is 8.21. The maximum atomic E-state index is 12.7. The molecule has 3 aliphatic carbocycles. The zero-order valence-corrected chi connectivity index (χ0v) is 18.5. The molecule has 0 saturated heterocycles. The van der Waals surface area contributed by atoms with Gasteiger partial charge in [0.05, 0.1) is 11.8 Å². The Morgan fingerprint density at radius 3 is 2.33 bits per heavy atom. The highest BCUT2D eigenvalue weighted by Crippen LogP contribution is 2.63. The third-order valence-corrected chi connectivity index (χ3v) is 7.39. The molecule has 2 aromatic carbocycles. The van der Waals surface area contributed by atoms with Crippen LogP contribution in [0.2, 0.25) is 0 Å². The number of alkyl carbamates (subject to hydrolysis) is 1. The molecule has 172 valence electrons. The number of ether oxygens (including phenoxy) is 1. The summed E-state index contributed by atoms with van der Waals surface area (Å²) in [6, 6.07) is 15.9. The number of carbonyl (C=O) groups is 3. The fraction of sp³-hybridized carbons (Fsp3) is 0.423. The molecule has 0 bridgehead atoms. The fourth-order valence-electron chi connectivity index (χ4n) is 5.77. The van der Waals surface area contributed by atoms with E-state index < -0.39 is 23.5 Å². The van der Waals surface area contributed by atoms with Gasteiger partial charge in [-0.3, -0.25) is 9.59 Å². The minimum atomic E-state index is -0.936. The Hall–Kier alpha value is -3.35. The van der Waals surface area contributed by atoms with Crippen LogP contribution in [0.25, 0.3) is 11.1 Å². The summed E-state index contributed by atoms with van der Waals surface area (Å²) in [7, 11) is 0. The van der Waals surface area contributed by atoms with Crippen LogP contribution in [0.1, 0.15) is 49.7 Å². The summed E-state index contributed by atoms with van der Waals surface area (Å²) in [6.45, 7) is 1.95. The predicted octanol–water partition coefficient (Wildman–Crippen LogP) is 3.67. The first-order valence-corrected chi connectivity index (χ1v) is 11.5. The van der Waals surface area contributed by atoms with Gasteiger partial charge in [0.15, 0.2) is 0 Å². The largest absolute Gasteiger partial charge is 0.481 e. The molecule has 0 heterocycles. The predicted molar refractivity (Wildman–Crippen MR) is 122 cm³/mol. The number of amides is 2. The number of rotatable bonds is 7. The molecule has 2 amide bonds. The first-order chi connectivity index (χ1) is 15.9. The lowest BCUT2D eigenvalue weighted by atomic mass is 9.98. The molecule has 7 heteroatoms. The summed E-state index contributed by atoms with van der Waals surface area (Å²) in [5.74, 6) is -0.798. The van der Waals surface area contributed by atoms with Gasteiger partial charge in [-0.15, -0.1) is 0 Å². The Balaban J connectivity index is 1.16. The lowest BCUT2D eigenvalue weighted by Gasteiger charge is -2.20. The highest BCUT2D eigenvalue weighted by atomic mass is 16.5. The Morgan fingerprint density at radius 1 is 1.06 bits per heavy atom.